The zero-order chi connectivity index (χ0) is 18.1. The van der Waals surface area contributed by atoms with Crippen molar-refractivity contribution in [2.75, 3.05) is 13.1 Å². The Bertz CT molecular complexity index is 803. The van der Waals surface area contributed by atoms with Gasteiger partial charge in [-0.2, -0.15) is 0 Å². The smallest absolute Gasteiger partial charge is 0.308 e. The van der Waals surface area contributed by atoms with Gasteiger partial charge in [-0.1, -0.05) is 6.92 Å². The van der Waals surface area contributed by atoms with Crippen LogP contribution in [0.3, 0.4) is 0 Å². The molecule has 0 bridgehead atoms. The number of aliphatic carboxylic acids is 1. The lowest BCUT2D eigenvalue weighted by atomic mass is 9.90. The van der Waals surface area contributed by atoms with Crippen molar-refractivity contribution in [2.45, 2.75) is 20.3 Å². The maximum absolute atomic E-state index is 13.1. The highest BCUT2D eigenvalue weighted by molar-refractivity contribution is 5.91. The number of benzene rings is 1. The molecule has 1 aliphatic rings. The Morgan fingerprint density at radius 1 is 1.24 bits per heavy atom. The summed E-state index contributed by atoms with van der Waals surface area (Å²) in [5.41, 5.74) is 0.598. The average Bonchev–Trinajstić information content (AvgIpc) is 2.96. The molecule has 2 aromatic rings. The van der Waals surface area contributed by atoms with Crippen LogP contribution in [-0.4, -0.2) is 49.7 Å². The van der Waals surface area contributed by atoms with Crippen molar-refractivity contribution in [3.63, 3.8) is 0 Å². The molecule has 0 radical (unpaired) electrons. The molecule has 1 aromatic heterocycles. The fourth-order valence-corrected chi connectivity index (χ4v) is 3.15. The van der Waals surface area contributed by atoms with E-state index in [9.17, 15) is 19.1 Å². The van der Waals surface area contributed by atoms with Crippen LogP contribution in [0.4, 0.5) is 4.39 Å². The van der Waals surface area contributed by atoms with Crippen molar-refractivity contribution >= 4 is 11.9 Å². The Kier molecular flexibility index (Phi) is 4.52. The van der Waals surface area contributed by atoms with Crippen molar-refractivity contribution in [1.29, 1.82) is 0 Å². The van der Waals surface area contributed by atoms with Crippen molar-refractivity contribution < 1.29 is 19.1 Å². The van der Waals surface area contributed by atoms with E-state index >= 15 is 0 Å². The van der Waals surface area contributed by atoms with Gasteiger partial charge in [0.15, 0.2) is 0 Å². The number of aromatic nitrogens is 3. The second kappa shape index (κ2) is 6.62. The topological polar surface area (TPSA) is 88.3 Å². The minimum absolute atomic E-state index is 0.0139. The van der Waals surface area contributed by atoms with Gasteiger partial charge < -0.3 is 10.0 Å². The second-order valence-electron chi connectivity index (χ2n) is 6.46. The summed E-state index contributed by atoms with van der Waals surface area (Å²) in [4.78, 5) is 29.7. The maximum Gasteiger partial charge on any atom is 0.308 e. The zero-order valence-electron chi connectivity index (χ0n) is 14.0. The van der Waals surface area contributed by atoms with Crippen LogP contribution in [0.2, 0.25) is 0 Å². The number of aryl methyl sites for hydroxylation is 1. The summed E-state index contributed by atoms with van der Waals surface area (Å²) >= 11 is 0. The van der Waals surface area contributed by atoms with Crippen LogP contribution in [0.5, 0.6) is 0 Å². The molecule has 1 aliphatic heterocycles. The van der Waals surface area contributed by atoms with Gasteiger partial charge in [-0.3, -0.25) is 9.59 Å². The molecule has 2 atom stereocenters. The van der Waals surface area contributed by atoms with Gasteiger partial charge in [-0.15, -0.1) is 5.10 Å². The Balaban J connectivity index is 1.84. The van der Waals surface area contributed by atoms with Crippen molar-refractivity contribution in [3.05, 3.63) is 41.7 Å². The van der Waals surface area contributed by atoms with Gasteiger partial charge in [-0.25, -0.2) is 14.1 Å². The van der Waals surface area contributed by atoms with Gasteiger partial charge in [0.2, 0.25) is 5.82 Å². The fourth-order valence-electron chi connectivity index (χ4n) is 3.15. The molecule has 1 fully saturated rings. The number of hydrogen-bond acceptors (Lipinski definition) is 4. The molecule has 132 valence electrons. The van der Waals surface area contributed by atoms with E-state index in [0.717, 1.165) is 0 Å². The molecule has 1 saturated heterocycles. The summed E-state index contributed by atoms with van der Waals surface area (Å²) in [5, 5.41) is 13.5. The molecule has 1 N–H and O–H groups in total. The van der Waals surface area contributed by atoms with Crippen LogP contribution >= 0.6 is 0 Å². The quantitative estimate of drug-likeness (QED) is 0.917. The Morgan fingerprint density at radius 3 is 2.56 bits per heavy atom. The summed E-state index contributed by atoms with van der Waals surface area (Å²) in [7, 11) is 0. The third kappa shape index (κ3) is 3.52. The van der Waals surface area contributed by atoms with E-state index in [1.807, 2.05) is 6.92 Å². The lowest BCUT2D eigenvalue weighted by Gasteiger charge is -2.33. The number of halogens is 1. The minimum Gasteiger partial charge on any atom is -0.481 e. The van der Waals surface area contributed by atoms with E-state index in [1.165, 1.54) is 21.7 Å². The average molecular weight is 346 g/mol. The SMILES string of the molecule is Cc1nc(C(=O)N2CC(C)CC(C(=O)O)C2)nn1-c1ccc(F)cc1. The van der Waals surface area contributed by atoms with Crippen LogP contribution in [0.1, 0.15) is 29.8 Å². The molecule has 0 saturated carbocycles. The molecule has 8 heteroatoms. The lowest BCUT2D eigenvalue weighted by Crippen LogP contribution is -2.45. The van der Waals surface area contributed by atoms with Crippen LogP contribution in [0, 0.1) is 24.6 Å². The van der Waals surface area contributed by atoms with Gasteiger partial charge >= 0.3 is 5.97 Å². The van der Waals surface area contributed by atoms with Crippen LogP contribution in [0.25, 0.3) is 5.69 Å². The first-order valence-electron chi connectivity index (χ1n) is 8.07. The van der Waals surface area contributed by atoms with Gasteiger partial charge in [0, 0.05) is 13.1 Å². The largest absolute Gasteiger partial charge is 0.481 e. The predicted molar refractivity (Wildman–Crippen MR) is 86.9 cm³/mol. The van der Waals surface area contributed by atoms with Crippen molar-refractivity contribution in [2.24, 2.45) is 11.8 Å². The zero-order valence-corrected chi connectivity index (χ0v) is 14.0. The number of likely N-dealkylation sites (tertiary alicyclic amines) is 1. The van der Waals surface area contributed by atoms with Crippen LogP contribution in [0.15, 0.2) is 24.3 Å². The first kappa shape index (κ1) is 17.1. The Labute approximate surface area is 144 Å². The first-order chi connectivity index (χ1) is 11.8. The summed E-state index contributed by atoms with van der Waals surface area (Å²) < 4.78 is 14.5. The van der Waals surface area contributed by atoms with E-state index in [2.05, 4.69) is 10.1 Å². The van der Waals surface area contributed by atoms with Gasteiger partial charge in [-0.05, 0) is 43.5 Å². The minimum atomic E-state index is -0.898. The number of rotatable bonds is 3. The summed E-state index contributed by atoms with van der Waals surface area (Å²) in [6.45, 7) is 4.26. The number of carbonyl (C=O) groups excluding carboxylic acids is 1. The standard InChI is InChI=1S/C17H19FN4O3/c1-10-7-12(17(24)25)9-21(8-10)16(23)15-19-11(2)22(20-15)14-5-3-13(18)4-6-14/h3-6,10,12H,7-9H2,1-2H3,(H,24,25). The fraction of sp³-hybridized carbons (Fsp3) is 0.412. The van der Waals surface area contributed by atoms with E-state index in [1.54, 1.807) is 19.1 Å². The highest BCUT2D eigenvalue weighted by atomic mass is 19.1. The number of carboxylic acids is 1. The Hall–Kier alpha value is -2.77. The third-order valence-electron chi connectivity index (χ3n) is 4.33. The normalized spacial score (nSPS) is 20.5. The molecule has 3 rings (SSSR count). The van der Waals surface area contributed by atoms with Crippen molar-refractivity contribution in [3.8, 4) is 5.69 Å². The summed E-state index contributed by atoms with van der Waals surface area (Å²) in [6.07, 6.45) is 0.551. The van der Waals surface area contributed by atoms with Gasteiger partial charge in [0.1, 0.15) is 11.6 Å². The molecule has 1 amide bonds. The van der Waals surface area contributed by atoms with E-state index in [0.29, 0.717) is 24.5 Å². The Morgan fingerprint density at radius 2 is 1.92 bits per heavy atom. The maximum atomic E-state index is 13.1. The van der Waals surface area contributed by atoms with Crippen molar-refractivity contribution in [1.82, 2.24) is 19.7 Å². The number of carbonyl (C=O) groups is 2. The van der Waals surface area contributed by atoms with Crippen LogP contribution in [-0.2, 0) is 4.79 Å². The highest BCUT2D eigenvalue weighted by Crippen LogP contribution is 2.23. The third-order valence-corrected chi connectivity index (χ3v) is 4.33. The number of amides is 1. The highest BCUT2D eigenvalue weighted by Gasteiger charge is 2.33. The molecule has 0 aliphatic carbocycles. The second-order valence-corrected chi connectivity index (χ2v) is 6.46. The molecule has 0 spiro atoms. The molecule has 25 heavy (non-hydrogen) atoms. The number of carboxylic acid groups (broad SMARTS) is 1. The van der Waals surface area contributed by atoms with Gasteiger partial charge in [0.05, 0.1) is 11.6 Å². The number of nitrogens with zero attached hydrogens (tertiary/aromatic N) is 4. The molecule has 2 heterocycles. The molecule has 7 nitrogen and oxygen atoms in total. The van der Waals surface area contributed by atoms with E-state index < -0.39 is 11.9 Å². The predicted octanol–water partition coefficient (Wildman–Crippen LogP) is 1.90. The van der Waals surface area contributed by atoms with Gasteiger partial charge in [0.25, 0.3) is 5.91 Å². The molecular weight excluding hydrogens is 327 g/mol. The van der Waals surface area contributed by atoms with E-state index in [-0.39, 0.29) is 30.0 Å². The lowest BCUT2D eigenvalue weighted by molar-refractivity contribution is -0.143. The first-order valence-corrected chi connectivity index (χ1v) is 8.07. The summed E-state index contributed by atoms with van der Waals surface area (Å²) in [5.74, 6) is -1.62. The molecule has 1 aromatic carbocycles. The molecular formula is C17H19FN4O3. The summed E-state index contributed by atoms with van der Waals surface area (Å²) in [6, 6.07) is 5.72. The van der Waals surface area contributed by atoms with E-state index in [4.69, 9.17) is 0 Å². The number of piperidine rings is 1. The molecule has 2 unspecified atom stereocenters. The van der Waals surface area contributed by atoms with Crippen LogP contribution < -0.4 is 0 Å². The number of hydrogen-bond donors (Lipinski definition) is 1. The monoisotopic (exact) mass is 346 g/mol.